The third kappa shape index (κ3) is 4.54. The highest BCUT2D eigenvalue weighted by Crippen LogP contribution is 2.12. The number of hydrogen-bond donors (Lipinski definition) is 2. The average Bonchev–Trinajstić information content (AvgIpc) is 3.03. The maximum atomic E-state index is 12.9. The number of piperazine rings is 1. The van der Waals surface area contributed by atoms with Gasteiger partial charge in [-0.1, -0.05) is 0 Å². The van der Waals surface area contributed by atoms with Crippen molar-refractivity contribution in [1.82, 2.24) is 15.1 Å². The Hall–Kier alpha value is -2.48. The lowest BCUT2D eigenvalue weighted by Gasteiger charge is -2.35. The first-order valence-corrected chi connectivity index (χ1v) is 8.37. The molecule has 0 saturated carbocycles. The Bertz CT molecular complexity index is 656. The van der Waals surface area contributed by atoms with Crippen LogP contribution in [0, 0.1) is 5.82 Å². The Morgan fingerprint density at radius 3 is 2.44 bits per heavy atom. The number of nitrogens with one attached hydrogen (secondary N) is 2. The number of anilines is 1. The first kappa shape index (κ1) is 17.3. The van der Waals surface area contributed by atoms with Gasteiger partial charge in [0, 0.05) is 38.3 Å². The van der Waals surface area contributed by atoms with Crippen LogP contribution >= 0.6 is 0 Å². The molecule has 25 heavy (non-hydrogen) atoms. The predicted molar refractivity (Wildman–Crippen MR) is 89.2 cm³/mol. The molecule has 2 N–H and O–H groups in total. The van der Waals surface area contributed by atoms with Crippen LogP contribution in [0.3, 0.4) is 0 Å². The molecule has 3 rings (SSSR count). The predicted octanol–water partition coefficient (Wildman–Crippen LogP) is 0.187. The summed E-state index contributed by atoms with van der Waals surface area (Å²) in [4.78, 5) is 39.3. The number of carbonyl (C=O) groups is 3. The van der Waals surface area contributed by atoms with Crippen molar-refractivity contribution in [2.75, 3.05) is 38.0 Å². The first-order valence-electron chi connectivity index (χ1n) is 8.37. The monoisotopic (exact) mass is 348 g/mol. The smallest absolute Gasteiger partial charge is 0.245 e. The van der Waals surface area contributed by atoms with Gasteiger partial charge >= 0.3 is 0 Å². The van der Waals surface area contributed by atoms with Crippen LogP contribution in [-0.4, -0.2) is 66.3 Å². The van der Waals surface area contributed by atoms with Gasteiger partial charge in [0.15, 0.2) is 0 Å². The molecule has 0 unspecified atom stereocenters. The molecule has 0 radical (unpaired) electrons. The van der Waals surface area contributed by atoms with Crippen LogP contribution in [0.5, 0.6) is 0 Å². The summed E-state index contributed by atoms with van der Waals surface area (Å²) in [5.74, 6) is -0.637. The van der Waals surface area contributed by atoms with Crippen molar-refractivity contribution in [3.05, 3.63) is 30.1 Å². The van der Waals surface area contributed by atoms with Crippen molar-refractivity contribution in [3.8, 4) is 0 Å². The molecule has 0 aromatic heterocycles. The van der Waals surface area contributed by atoms with Gasteiger partial charge in [-0.3, -0.25) is 19.3 Å². The Balaban J connectivity index is 1.42. The number of halogens is 1. The molecular weight excluding hydrogens is 327 g/mol. The minimum Gasteiger partial charge on any atom is -0.344 e. The van der Waals surface area contributed by atoms with Crippen LogP contribution in [0.1, 0.15) is 12.8 Å². The maximum Gasteiger partial charge on any atom is 0.245 e. The molecule has 7 nitrogen and oxygen atoms in total. The Labute approximate surface area is 145 Å². The van der Waals surface area contributed by atoms with E-state index in [4.69, 9.17) is 0 Å². The number of hydrogen-bond acceptors (Lipinski definition) is 4. The van der Waals surface area contributed by atoms with Crippen molar-refractivity contribution in [1.29, 1.82) is 0 Å². The van der Waals surface area contributed by atoms with Crippen molar-refractivity contribution in [2.45, 2.75) is 18.9 Å². The van der Waals surface area contributed by atoms with Crippen LogP contribution in [-0.2, 0) is 14.4 Å². The molecule has 0 spiro atoms. The van der Waals surface area contributed by atoms with Gasteiger partial charge in [0.25, 0.3) is 0 Å². The summed E-state index contributed by atoms with van der Waals surface area (Å²) in [5.41, 5.74) is 0.553. The van der Waals surface area contributed by atoms with Gasteiger partial charge in [-0.25, -0.2) is 4.39 Å². The van der Waals surface area contributed by atoms with Crippen LogP contribution < -0.4 is 10.6 Å². The highest BCUT2D eigenvalue weighted by atomic mass is 19.1. The van der Waals surface area contributed by atoms with Crippen LogP contribution in [0.15, 0.2) is 24.3 Å². The number of amides is 3. The fraction of sp³-hybridized carbons (Fsp3) is 0.471. The largest absolute Gasteiger partial charge is 0.344 e. The lowest BCUT2D eigenvalue weighted by molar-refractivity contribution is -0.136. The van der Waals surface area contributed by atoms with E-state index in [1.165, 1.54) is 24.3 Å². The van der Waals surface area contributed by atoms with E-state index in [1.807, 2.05) is 4.90 Å². The summed E-state index contributed by atoms with van der Waals surface area (Å²) < 4.78 is 12.9. The second-order valence-electron chi connectivity index (χ2n) is 6.32. The average molecular weight is 348 g/mol. The second kappa shape index (κ2) is 7.60. The van der Waals surface area contributed by atoms with Gasteiger partial charge in [0.1, 0.15) is 11.9 Å². The van der Waals surface area contributed by atoms with Crippen molar-refractivity contribution in [2.24, 2.45) is 0 Å². The second-order valence-corrected chi connectivity index (χ2v) is 6.32. The molecule has 8 heteroatoms. The minimum absolute atomic E-state index is 0.0405. The molecule has 1 aromatic rings. The van der Waals surface area contributed by atoms with Crippen molar-refractivity contribution in [3.63, 3.8) is 0 Å². The molecular formula is C17H21FN4O3. The van der Waals surface area contributed by atoms with Crippen LogP contribution in [0.25, 0.3) is 0 Å². The summed E-state index contributed by atoms with van der Waals surface area (Å²) in [6.07, 6.45) is 0.956. The van der Waals surface area contributed by atoms with Gasteiger partial charge in [-0.15, -0.1) is 0 Å². The van der Waals surface area contributed by atoms with Gasteiger partial charge in [0.2, 0.25) is 17.7 Å². The Morgan fingerprint density at radius 2 is 1.84 bits per heavy atom. The van der Waals surface area contributed by atoms with E-state index < -0.39 is 6.04 Å². The van der Waals surface area contributed by atoms with E-state index in [2.05, 4.69) is 10.6 Å². The molecule has 1 atom stereocenters. The maximum absolute atomic E-state index is 12.9. The minimum atomic E-state index is -0.402. The lowest BCUT2D eigenvalue weighted by Crippen LogP contribution is -2.54. The fourth-order valence-corrected chi connectivity index (χ4v) is 3.08. The fourth-order valence-electron chi connectivity index (χ4n) is 3.08. The molecule has 0 bridgehead atoms. The number of nitrogens with zero attached hydrogens (tertiary/aromatic N) is 2. The lowest BCUT2D eigenvalue weighted by atomic mass is 10.2. The van der Waals surface area contributed by atoms with Crippen molar-refractivity contribution >= 4 is 23.4 Å². The summed E-state index contributed by atoms with van der Waals surface area (Å²) >= 11 is 0. The molecule has 2 aliphatic heterocycles. The molecule has 2 aliphatic rings. The molecule has 134 valence electrons. The van der Waals surface area contributed by atoms with E-state index in [1.54, 1.807) is 4.90 Å². The number of rotatable bonds is 4. The molecule has 2 saturated heterocycles. The number of benzene rings is 1. The van der Waals surface area contributed by atoms with Crippen molar-refractivity contribution < 1.29 is 18.8 Å². The SMILES string of the molecule is O=C(CN1CCN(C(=O)[C@H]2CCC(=O)N2)CC1)Nc1ccc(F)cc1. The zero-order valence-electron chi connectivity index (χ0n) is 13.8. The van der Waals surface area contributed by atoms with Gasteiger partial charge in [-0.05, 0) is 30.7 Å². The van der Waals surface area contributed by atoms with E-state index in [0.717, 1.165) is 0 Å². The van der Waals surface area contributed by atoms with E-state index in [9.17, 15) is 18.8 Å². The third-order valence-electron chi connectivity index (χ3n) is 4.47. The quantitative estimate of drug-likeness (QED) is 0.814. The van der Waals surface area contributed by atoms with E-state index in [0.29, 0.717) is 44.7 Å². The zero-order chi connectivity index (χ0) is 17.8. The van der Waals surface area contributed by atoms with Gasteiger partial charge in [0.05, 0.1) is 6.54 Å². The van der Waals surface area contributed by atoms with E-state index >= 15 is 0 Å². The van der Waals surface area contributed by atoms with Gasteiger partial charge < -0.3 is 15.5 Å². The van der Waals surface area contributed by atoms with Crippen LogP contribution in [0.4, 0.5) is 10.1 Å². The third-order valence-corrected chi connectivity index (χ3v) is 4.47. The zero-order valence-corrected chi connectivity index (χ0v) is 13.8. The molecule has 0 aliphatic carbocycles. The van der Waals surface area contributed by atoms with Gasteiger partial charge in [-0.2, -0.15) is 0 Å². The molecule has 3 amide bonds. The molecule has 2 heterocycles. The topological polar surface area (TPSA) is 81.8 Å². The first-order chi connectivity index (χ1) is 12.0. The highest BCUT2D eigenvalue weighted by molar-refractivity contribution is 5.92. The molecule has 1 aromatic carbocycles. The van der Waals surface area contributed by atoms with Crippen LogP contribution in [0.2, 0.25) is 0 Å². The summed E-state index contributed by atoms with van der Waals surface area (Å²) in [5, 5.41) is 5.42. The van der Waals surface area contributed by atoms with E-state index in [-0.39, 0.29) is 30.1 Å². The summed E-state index contributed by atoms with van der Waals surface area (Å²) in [6.45, 7) is 2.50. The summed E-state index contributed by atoms with van der Waals surface area (Å²) in [7, 11) is 0. The Morgan fingerprint density at radius 1 is 1.16 bits per heavy atom. The highest BCUT2D eigenvalue weighted by Gasteiger charge is 2.32. The normalized spacial score (nSPS) is 21.1. The summed E-state index contributed by atoms with van der Waals surface area (Å²) in [6, 6.07) is 5.21. The number of carbonyl (C=O) groups excluding carboxylic acids is 3. The Kier molecular flexibility index (Phi) is 5.28. The standard InChI is InChI=1S/C17H21FN4O3/c18-12-1-3-13(4-2-12)19-16(24)11-21-7-9-22(10-8-21)17(25)14-5-6-15(23)20-14/h1-4,14H,5-11H2,(H,19,24)(H,20,23)/t14-/m1/s1. The molecule has 2 fully saturated rings.